The van der Waals surface area contributed by atoms with Crippen molar-refractivity contribution in [2.45, 2.75) is 6.92 Å². The van der Waals surface area contributed by atoms with Gasteiger partial charge in [-0.15, -0.1) is 0 Å². The molecule has 1 aliphatic rings. The summed E-state index contributed by atoms with van der Waals surface area (Å²) in [6.45, 7) is 1.16. The number of carbonyl (C=O) groups excluding carboxylic acids is 2. The molecule has 1 heterocycles. The standard InChI is InChI=1S/C10H8ClNO4/c1-5(13)16-8-3-6(11)2-7-10(8)15-4-9(14)12-7/h2-3H,4H2,1H3,(H,12,14). The number of hydrogen-bond donors (Lipinski definition) is 1. The second kappa shape index (κ2) is 4.02. The summed E-state index contributed by atoms with van der Waals surface area (Å²) in [4.78, 5) is 22.0. The Morgan fingerprint density at radius 3 is 3.00 bits per heavy atom. The van der Waals surface area contributed by atoms with Crippen LogP contribution in [-0.4, -0.2) is 18.5 Å². The highest BCUT2D eigenvalue weighted by atomic mass is 35.5. The second-order valence-corrected chi connectivity index (χ2v) is 3.65. The fraction of sp³-hybridized carbons (Fsp3) is 0.200. The van der Waals surface area contributed by atoms with E-state index in [1.165, 1.54) is 19.1 Å². The van der Waals surface area contributed by atoms with Crippen molar-refractivity contribution in [3.8, 4) is 11.5 Å². The molecule has 0 spiro atoms. The number of hydrogen-bond acceptors (Lipinski definition) is 4. The van der Waals surface area contributed by atoms with Crippen LogP contribution in [0, 0.1) is 0 Å². The third-order valence-corrected chi connectivity index (χ3v) is 2.11. The lowest BCUT2D eigenvalue weighted by molar-refractivity contribution is -0.132. The van der Waals surface area contributed by atoms with E-state index in [2.05, 4.69) is 5.32 Å². The van der Waals surface area contributed by atoms with Gasteiger partial charge in [0.05, 0.1) is 5.69 Å². The minimum atomic E-state index is -0.482. The van der Waals surface area contributed by atoms with Gasteiger partial charge in [-0.25, -0.2) is 0 Å². The molecule has 0 unspecified atom stereocenters. The number of esters is 1. The van der Waals surface area contributed by atoms with Gasteiger partial charge in [-0.1, -0.05) is 11.6 Å². The first-order valence-electron chi connectivity index (χ1n) is 4.51. The zero-order chi connectivity index (χ0) is 11.7. The Labute approximate surface area is 96.3 Å². The Hall–Kier alpha value is -1.75. The number of anilines is 1. The van der Waals surface area contributed by atoms with Crippen LogP contribution in [0.2, 0.25) is 5.02 Å². The van der Waals surface area contributed by atoms with Crippen molar-refractivity contribution in [3.63, 3.8) is 0 Å². The largest absolute Gasteiger partial charge is 0.478 e. The molecule has 5 nitrogen and oxygen atoms in total. The van der Waals surface area contributed by atoms with Crippen molar-refractivity contribution in [1.82, 2.24) is 0 Å². The summed E-state index contributed by atoms with van der Waals surface area (Å²) in [6.07, 6.45) is 0. The quantitative estimate of drug-likeness (QED) is 0.599. The molecule has 1 aromatic carbocycles. The van der Waals surface area contributed by atoms with E-state index in [-0.39, 0.29) is 18.3 Å². The van der Waals surface area contributed by atoms with Crippen molar-refractivity contribution >= 4 is 29.2 Å². The molecule has 0 saturated carbocycles. The Bertz CT molecular complexity index is 472. The van der Waals surface area contributed by atoms with E-state index >= 15 is 0 Å². The fourth-order valence-electron chi connectivity index (χ4n) is 1.37. The minimum Gasteiger partial charge on any atom is -0.478 e. The van der Waals surface area contributed by atoms with Crippen LogP contribution in [0.1, 0.15) is 6.92 Å². The van der Waals surface area contributed by atoms with Crippen molar-refractivity contribution in [2.24, 2.45) is 0 Å². The zero-order valence-electron chi connectivity index (χ0n) is 8.37. The number of nitrogens with one attached hydrogen (secondary N) is 1. The maximum atomic E-state index is 11.1. The van der Waals surface area contributed by atoms with Crippen LogP contribution in [0.5, 0.6) is 11.5 Å². The third kappa shape index (κ3) is 2.09. The topological polar surface area (TPSA) is 64.6 Å². The summed E-state index contributed by atoms with van der Waals surface area (Å²) in [5.41, 5.74) is 0.403. The third-order valence-electron chi connectivity index (χ3n) is 1.89. The van der Waals surface area contributed by atoms with Crippen LogP contribution in [0.3, 0.4) is 0 Å². The van der Waals surface area contributed by atoms with Crippen molar-refractivity contribution in [3.05, 3.63) is 17.2 Å². The summed E-state index contributed by atoms with van der Waals surface area (Å²) in [5, 5.41) is 2.92. The zero-order valence-corrected chi connectivity index (χ0v) is 9.13. The minimum absolute atomic E-state index is 0.108. The molecular formula is C10H8ClNO4. The molecule has 1 N–H and O–H groups in total. The molecule has 1 aliphatic heterocycles. The van der Waals surface area contributed by atoms with E-state index < -0.39 is 5.97 Å². The Balaban J connectivity index is 2.45. The van der Waals surface area contributed by atoms with Crippen LogP contribution in [0.25, 0.3) is 0 Å². The number of benzene rings is 1. The number of ether oxygens (including phenoxy) is 2. The summed E-state index contributed by atoms with van der Waals surface area (Å²) < 4.78 is 10.1. The van der Waals surface area contributed by atoms with Gasteiger partial charge in [0.25, 0.3) is 5.91 Å². The van der Waals surface area contributed by atoms with E-state index in [0.717, 1.165) is 0 Å². The second-order valence-electron chi connectivity index (χ2n) is 3.21. The summed E-state index contributed by atoms with van der Waals surface area (Å²) in [5.74, 6) is -0.234. The first kappa shape index (κ1) is 10.8. The number of amides is 1. The summed E-state index contributed by atoms with van der Waals surface area (Å²) in [6, 6.07) is 2.99. The average Bonchev–Trinajstić information content (AvgIpc) is 2.15. The SMILES string of the molecule is CC(=O)Oc1cc(Cl)cc2c1OCC(=O)N2. The van der Waals surface area contributed by atoms with Gasteiger partial charge in [0.15, 0.2) is 18.1 Å². The Kier molecular flexibility index (Phi) is 2.70. The lowest BCUT2D eigenvalue weighted by Gasteiger charge is -2.20. The lowest BCUT2D eigenvalue weighted by Crippen LogP contribution is -2.25. The summed E-state index contributed by atoms with van der Waals surface area (Å²) >= 11 is 5.81. The van der Waals surface area contributed by atoms with Crippen LogP contribution < -0.4 is 14.8 Å². The summed E-state index contributed by atoms with van der Waals surface area (Å²) in [7, 11) is 0. The van der Waals surface area contributed by atoms with Gasteiger partial charge in [-0.3, -0.25) is 9.59 Å². The predicted octanol–water partition coefficient (Wildman–Crippen LogP) is 1.60. The van der Waals surface area contributed by atoms with E-state index in [0.29, 0.717) is 16.5 Å². The molecule has 1 aromatic rings. The van der Waals surface area contributed by atoms with Crippen LogP contribution in [-0.2, 0) is 9.59 Å². The average molecular weight is 242 g/mol. The predicted molar refractivity (Wildman–Crippen MR) is 56.9 cm³/mol. The molecule has 84 valence electrons. The molecule has 16 heavy (non-hydrogen) atoms. The molecule has 0 aliphatic carbocycles. The molecule has 0 atom stereocenters. The highest BCUT2D eigenvalue weighted by Gasteiger charge is 2.21. The number of carbonyl (C=O) groups is 2. The normalized spacial score (nSPS) is 13.5. The molecule has 0 fully saturated rings. The maximum absolute atomic E-state index is 11.1. The number of halogens is 1. The highest BCUT2D eigenvalue weighted by molar-refractivity contribution is 6.31. The first-order chi connectivity index (χ1) is 7.56. The molecular weight excluding hydrogens is 234 g/mol. The number of fused-ring (bicyclic) bond motifs is 1. The highest BCUT2D eigenvalue weighted by Crippen LogP contribution is 2.40. The van der Waals surface area contributed by atoms with E-state index in [9.17, 15) is 9.59 Å². The van der Waals surface area contributed by atoms with Crippen LogP contribution >= 0.6 is 11.6 Å². The van der Waals surface area contributed by atoms with Crippen molar-refractivity contribution < 1.29 is 19.1 Å². The van der Waals surface area contributed by atoms with Crippen LogP contribution in [0.15, 0.2) is 12.1 Å². The molecule has 6 heteroatoms. The lowest BCUT2D eigenvalue weighted by atomic mass is 10.2. The van der Waals surface area contributed by atoms with Gasteiger partial charge in [-0.05, 0) is 6.07 Å². The van der Waals surface area contributed by atoms with Crippen LogP contribution in [0.4, 0.5) is 5.69 Å². The van der Waals surface area contributed by atoms with E-state index in [1.54, 1.807) is 0 Å². The molecule has 2 rings (SSSR count). The van der Waals surface area contributed by atoms with Gasteiger partial charge in [0.2, 0.25) is 0 Å². The fourth-order valence-corrected chi connectivity index (χ4v) is 1.57. The van der Waals surface area contributed by atoms with Gasteiger partial charge >= 0.3 is 5.97 Å². The van der Waals surface area contributed by atoms with Gasteiger partial charge in [0, 0.05) is 18.0 Å². The number of rotatable bonds is 1. The Morgan fingerprint density at radius 2 is 2.31 bits per heavy atom. The molecule has 0 radical (unpaired) electrons. The van der Waals surface area contributed by atoms with Crippen molar-refractivity contribution in [1.29, 1.82) is 0 Å². The monoisotopic (exact) mass is 241 g/mol. The molecule has 0 saturated heterocycles. The van der Waals surface area contributed by atoms with E-state index in [4.69, 9.17) is 21.1 Å². The molecule has 0 aromatic heterocycles. The first-order valence-corrected chi connectivity index (χ1v) is 4.88. The van der Waals surface area contributed by atoms with Gasteiger partial charge in [0.1, 0.15) is 0 Å². The van der Waals surface area contributed by atoms with Crippen molar-refractivity contribution in [2.75, 3.05) is 11.9 Å². The van der Waals surface area contributed by atoms with Gasteiger partial charge < -0.3 is 14.8 Å². The Morgan fingerprint density at radius 1 is 1.56 bits per heavy atom. The maximum Gasteiger partial charge on any atom is 0.308 e. The smallest absolute Gasteiger partial charge is 0.308 e. The van der Waals surface area contributed by atoms with E-state index in [1.807, 2.05) is 0 Å². The molecule has 1 amide bonds. The van der Waals surface area contributed by atoms with Gasteiger partial charge in [-0.2, -0.15) is 0 Å². The molecule has 0 bridgehead atoms.